The SMILES string of the molecule is CC(=O)n1c2ccc(-c3cccc4cccnc34)cc2c2cc(-c3cccc4cccnc34)ccc21. The average molecular weight is 464 g/mol. The Morgan fingerprint density at radius 2 is 1.08 bits per heavy atom. The van der Waals surface area contributed by atoms with Crippen LogP contribution in [0.4, 0.5) is 0 Å². The van der Waals surface area contributed by atoms with Gasteiger partial charge in [-0.15, -0.1) is 0 Å². The van der Waals surface area contributed by atoms with Crippen LogP contribution in [0.1, 0.15) is 11.7 Å². The number of hydrogen-bond donors (Lipinski definition) is 0. The molecule has 0 aliphatic heterocycles. The fourth-order valence-corrected chi connectivity index (χ4v) is 5.37. The average Bonchev–Trinajstić information content (AvgIpc) is 3.25. The Morgan fingerprint density at radius 3 is 1.56 bits per heavy atom. The van der Waals surface area contributed by atoms with Crippen molar-refractivity contribution in [3.63, 3.8) is 0 Å². The van der Waals surface area contributed by atoms with E-state index in [-0.39, 0.29) is 5.91 Å². The van der Waals surface area contributed by atoms with E-state index in [4.69, 9.17) is 0 Å². The van der Waals surface area contributed by atoms with E-state index < -0.39 is 0 Å². The normalized spacial score (nSPS) is 11.6. The highest BCUT2D eigenvalue weighted by atomic mass is 16.1. The first-order chi connectivity index (χ1) is 17.7. The third kappa shape index (κ3) is 3.05. The molecule has 0 saturated heterocycles. The van der Waals surface area contributed by atoms with E-state index in [2.05, 4.69) is 82.8 Å². The summed E-state index contributed by atoms with van der Waals surface area (Å²) in [6, 6.07) is 33.2. The number of pyridine rings is 2. The fourth-order valence-electron chi connectivity index (χ4n) is 5.37. The van der Waals surface area contributed by atoms with Gasteiger partial charge in [-0.05, 0) is 47.5 Å². The predicted octanol–water partition coefficient (Wildman–Crippen LogP) is 7.89. The summed E-state index contributed by atoms with van der Waals surface area (Å²) in [6.07, 6.45) is 3.66. The fraction of sp³-hybridized carbons (Fsp3) is 0.0312. The lowest BCUT2D eigenvalue weighted by molar-refractivity contribution is 0.0946. The van der Waals surface area contributed by atoms with Crippen LogP contribution in [-0.4, -0.2) is 20.4 Å². The zero-order chi connectivity index (χ0) is 24.2. The van der Waals surface area contributed by atoms with Crippen molar-refractivity contribution < 1.29 is 4.79 Å². The molecular formula is C32H21N3O. The van der Waals surface area contributed by atoms with Gasteiger partial charge in [0.15, 0.2) is 0 Å². The van der Waals surface area contributed by atoms with Crippen molar-refractivity contribution in [2.45, 2.75) is 6.92 Å². The zero-order valence-corrected chi connectivity index (χ0v) is 19.6. The molecule has 4 nitrogen and oxygen atoms in total. The Labute approximate surface area is 207 Å². The number of nitrogens with zero attached hydrogens (tertiary/aromatic N) is 3. The van der Waals surface area contributed by atoms with Gasteiger partial charge in [0.2, 0.25) is 5.91 Å². The van der Waals surface area contributed by atoms with Crippen molar-refractivity contribution in [2.75, 3.05) is 0 Å². The van der Waals surface area contributed by atoms with E-state index in [1.54, 1.807) is 11.5 Å². The van der Waals surface area contributed by atoms with E-state index in [0.29, 0.717) is 0 Å². The predicted molar refractivity (Wildman–Crippen MR) is 147 cm³/mol. The quantitative estimate of drug-likeness (QED) is 0.262. The van der Waals surface area contributed by atoms with Crippen LogP contribution in [0.3, 0.4) is 0 Å². The first kappa shape index (κ1) is 20.5. The maximum absolute atomic E-state index is 12.7. The van der Waals surface area contributed by atoms with Crippen molar-refractivity contribution in [1.82, 2.24) is 14.5 Å². The second-order valence-electron chi connectivity index (χ2n) is 9.08. The van der Waals surface area contributed by atoms with E-state index in [1.165, 1.54) is 0 Å². The summed E-state index contributed by atoms with van der Waals surface area (Å²) in [5.74, 6) is -0.00541. The van der Waals surface area contributed by atoms with Crippen LogP contribution in [-0.2, 0) is 0 Å². The molecule has 36 heavy (non-hydrogen) atoms. The van der Waals surface area contributed by atoms with Crippen LogP contribution in [0.15, 0.2) is 109 Å². The van der Waals surface area contributed by atoms with Crippen molar-refractivity contribution >= 4 is 49.5 Å². The number of hydrogen-bond acceptors (Lipinski definition) is 3. The third-order valence-electron chi connectivity index (χ3n) is 6.97. The van der Waals surface area contributed by atoms with Gasteiger partial charge in [0.25, 0.3) is 0 Å². The van der Waals surface area contributed by atoms with Gasteiger partial charge in [-0.1, -0.05) is 60.7 Å². The first-order valence-electron chi connectivity index (χ1n) is 12.0. The topological polar surface area (TPSA) is 47.8 Å². The van der Waals surface area contributed by atoms with Gasteiger partial charge in [-0.3, -0.25) is 19.3 Å². The summed E-state index contributed by atoms with van der Waals surface area (Å²) in [5, 5.41) is 4.29. The molecular weight excluding hydrogens is 442 g/mol. The van der Waals surface area contributed by atoms with Crippen molar-refractivity contribution in [3.05, 3.63) is 109 Å². The Hall–Kier alpha value is -4.83. The van der Waals surface area contributed by atoms with Crippen LogP contribution >= 0.6 is 0 Å². The summed E-state index contributed by atoms with van der Waals surface area (Å²) in [7, 11) is 0. The van der Waals surface area contributed by atoms with E-state index in [0.717, 1.165) is 65.9 Å². The van der Waals surface area contributed by atoms with E-state index in [9.17, 15) is 4.79 Å². The minimum Gasteiger partial charge on any atom is -0.280 e. The molecule has 7 rings (SSSR count). The number of para-hydroxylation sites is 2. The van der Waals surface area contributed by atoms with Crippen LogP contribution in [0.25, 0.3) is 65.9 Å². The summed E-state index contributed by atoms with van der Waals surface area (Å²) in [5.41, 5.74) is 8.05. The van der Waals surface area contributed by atoms with Crippen LogP contribution < -0.4 is 0 Å². The number of fused-ring (bicyclic) bond motifs is 5. The number of benzene rings is 4. The monoisotopic (exact) mass is 463 g/mol. The minimum absolute atomic E-state index is 0.00541. The van der Waals surface area contributed by atoms with Crippen LogP contribution in [0, 0.1) is 0 Å². The smallest absolute Gasteiger partial charge is 0.228 e. The molecule has 0 spiro atoms. The molecule has 0 aliphatic carbocycles. The number of carbonyl (C=O) groups is 1. The highest BCUT2D eigenvalue weighted by Gasteiger charge is 2.17. The molecule has 0 unspecified atom stereocenters. The maximum Gasteiger partial charge on any atom is 0.228 e. The van der Waals surface area contributed by atoms with Gasteiger partial charge in [-0.2, -0.15) is 0 Å². The van der Waals surface area contributed by atoms with Crippen molar-refractivity contribution in [1.29, 1.82) is 0 Å². The molecule has 4 heteroatoms. The molecule has 0 saturated carbocycles. The molecule has 3 heterocycles. The number of rotatable bonds is 2. The standard InChI is InChI=1S/C32H21N3O/c1-20(36)35-29-14-12-23(25-10-2-6-21-8-4-16-33-31(21)25)18-27(29)28-19-24(13-15-30(28)35)26-11-3-7-22-9-5-17-34-32(22)26/h2-19H,1H3. The summed E-state index contributed by atoms with van der Waals surface area (Å²) in [6.45, 7) is 1.62. The second-order valence-corrected chi connectivity index (χ2v) is 9.08. The van der Waals surface area contributed by atoms with Gasteiger partial charge in [0.05, 0.1) is 22.1 Å². The molecule has 0 aliphatic rings. The highest BCUT2D eigenvalue weighted by Crippen LogP contribution is 2.37. The Balaban J connectivity index is 1.52. The van der Waals surface area contributed by atoms with E-state index in [1.807, 2.05) is 36.7 Å². The molecule has 7 aromatic rings. The largest absolute Gasteiger partial charge is 0.280 e. The van der Waals surface area contributed by atoms with Crippen LogP contribution in [0.2, 0.25) is 0 Å². The van der Waals surface area contributed by atoms with Gasteiger partial charge in [0.1, 0.15) is 0 Å². The molecule has 0 radical (unpaired) electrons. The van der Waals surface area contributed by atoms with Gasteiger partial charge >= 0.3 is 0 Å². The summed E-state index contributed by atoms with van der Waals surface area (Å²) >= 11 is 0. The summed E-state index contributed by atoms with van der Waals surface area (Å²) < 4.78 is 1.81. The molecule has 4 aromatic carbocycles. The van der Waals surface area contributed by atoms with E-state index >= 15 is 0 Å². The van der Waals surface area contributed by atoms with Gasteiger partial charge < -0.3 is 0 Å². The second kappa shape index (κ2) is 7.85. The lowest BCUT2D eigenvalue weighted by Gasteiger charge is -2.07. The Morgan fingerprint density at radius 1 is 0.611 bits per heavy atom. The number of carbonyl (C=O) groups excluding carboxylic acids is 1. The summed E-state index contributed by atoms with van der Waals surface area (Å²) in [4.78, 5) is 22.0. The molecule has 0 bridgehead atoms. The molecule has 0 fully saturated rings. The Kier molecular flexibility index (Phi) is 4.48. The van der Waals surface area contributed by atoms with Crippen molar-refractivity contribution in [3.8, 4) is 22.3 Å². The third-order valence-corrected chi connectivity index (χ3v) is 6.97. The molecule has 0 atom stereocenters. The molecule has 3 aromatic heterocycles. The maximum atomic E-state index is 12.7. The lowest BCUT2D eigenvalue weighted by Crippen LogP contribution is -2.04. The molecule has 0 amide bonds. The zero-order valence-electron chi connectivity index (χ0n) is 19.6. The first-order valence-corrected chi connectivity index (χ1v) is 12.0. The minimum atomic E-state index is -0.00541. The Bertz CT molecular complexity index is 1840. The number of aromatic nitrogens is 3. The van der Waals surface area contributed by atoms with Crippen molar-refractivity contribution in [2.24, 2.45) is 0 Å². The van der Waals surface area contributed by atoms with Crippen LogP contribution in [0.5, 0.6) is 0 Å². The highest BCUT2D eigenvalue weighted by molar-refractivity contribution is 6.15. The van der Waals surface area contributed by atoms with Gasteiger partial charge in [0, 0.05) is 52.0 Å². The lowest BCUT2D eigenvalue weighted by atomic mass is 9.98. The van der Waals surface area contributed by atoms with Gasteiger partial charge in [-0.25, -0.2) is 0 Å². The molecule has 0 N–H and O–H groups in total. The molecule has 170 valence electrons.